The van der Waals surface area contributed by atoms with Crippen LogP contribution in [0.4, 0.5) is 4.39 Å². The summed E-state index contributed by atoms with van der Waals surface area (Å²) in [6.07, 6.45) is 2.77. The van der Waals surface area contributed by atoms with Gasteiger partial charge in [0, 0.05) is 24.0 Å². The predicted octanol–water partition coefficient (Wildman–Crippen LogP) is 2.99. The molecule has 1 aliphatic heterocycles. The molecule has 2 aromatic heterocycles. The molecule has 140 valence electrons. The summed E-state index contributed by atoms with van der Waals surface area (Å²) in [5, 5.41) is 14.0. The highest BCUT2D eigenvalue weighted by atomic mass is 19.1. The smallest absolute Gasteiger partial charge is 0.339 e. The molecule has 0 aliphatic carbocycles. The minimum Gasteiger partial charge on any atom is -0.478 e. The lowest BCUT2D eigenvalue weighted by atomic mass is 10.0. The van der Waals surface area contributed by atoms with Crippen molar-refractivity contribution in [3.8, 4) is 0 Å². The van der Waals surface area contributed by atoms with Crippen LogP contribution in [-0.2, 0) is 0 Å². The van der Waals surface area contributed by atoms with Gasteiger partial charge in [-0.15, -0.1) is 0 Å². The first-order valence-electron chi connectivity index (χ1n) is 8.79. The largest absolute Gasteiger partial charge is 0.478 e. The molecule has 2 N–H and O–H groups in total. The maximum atomic E-state index is 13.3. The van der Waals surface area contributed by atoms with E-state index in [1.165, 1.54) is 18.3 Å². The molecule has 7 nitrogen and oxygen atoms in total. The van der Waals surface area contributed by atoms with Crippen LogP contribution in [0, 0.1) is 12.7 Å². The Morgan fingerprint density at radius 1 is 1.26 bits per heavy atom. The first kappa shape index (κ1) is 17.3. The predicted molar refractivity (Wildman–Crippen MR) is 96.4 cm³/mol. The van der Waals surface area contributed by atoms with Crippen LogP contribution in [0.15, 0.2) is 30.5 Å². The Hall–Kier alpha value is -3.16. The Labute approximate surface area is 154 Å². The Morgan fingerprint density at radius 3 is 2.67 bits per heavy atom. The molecule has 3 heterocycles. The summed E-state index contributed by atoms with van der Waals surface area (Å²) >= 11 is 0. The Kier molecular flexibility index (Phi) is 4.18. The van der Waals surface area contributed by atoms with Gasteiger partial charge in [-0.25, -0.2) is 9.18 Å². The summed E-state index contributed by atoms with van der Waals surface area (Å²) < 4.78 is 15.1. The number of carboxylic acid groups (broad SMARTS) is 1. The number of rotatable bonds is 3. The summed E-state index contributed by atoms with van der Waals surface area (Å²) in [6, 6.07) is 6.11. The zero-order valence-corrected chi connectivity index (χ0v) is 14.8. The van der Waals surface area contributed by atoms with Crippen molar-refractivity contribution in [1.82, 2.24) is 19.7 Å². The molecule has 27 heavy (non-hydrogen) atoms. The summed E-state index contributed by atoms with van der Waals surface area (Å²) in [4.78, 5) is 28.7. The lowest BCUT2D eigenvalue weighted by Crippen LogP contribution is -2.39. The summed E-state index contributed by atoms with van der Waals surface area (Å²) in [7, 11) is 0. The maximum Gasteiger partial charge on any atom is 0.339 e. The van der Waals surface area contributed by atoms with Crippen molar-refractivity contribution < 1.29 is 19.1 Å². The molecule has 1 aliphatic rings. The number of fused-ring (bicyclic) bond motifs is 1. The van der Waals surface area contributed by atoms with Crippen molar-refractivity contribution in [2.24, 2.45) is 0 Å². The van der Waals surface area contributed by atoms with Crippen LogP contribution in [0.25, 0.3) is 10.9 Å². The minimum atomic E-state index is -0.985. The van der Waals surface area contributed by atoms with E-state index < -0.39 is 5.97 Å². The van der Waals surface area contributed by atoms with Gasteiger partial charge in [-0.05, 0) is 44.0 Å². The van der Waals surface area contributed by atoms with Gasteiger partial charge >= 0.3 is 5.97 Å². The zero-order chi connectivity index (χ0) is 19.1. The van der Waals surface area contributed by atoms with Crippen LogP contribution in [0.5, 0.6) is 0 Å². The molecule has 1 saturated heterocycles. The number of carbonyl (C=O) groups is 2. The number of likely N-dealkylation sites (tertiary alicyclic amines) is 1. The number of nitrogens with zero attached hydrogens (tertiary/aromatic N) is 3. The van der Waals surface area contributed by atoms with Gasteiger partial charge in [0.25, 0.3) is 5.91 Å². The first-order valence-corrected chi connectivity index (χ1v) is 8.79. The molecule has 0 atom stereocenters. The molecule has 0 bridgehead atoms. The number of benzene rings is 1. The number of aromatic amines is 1. The third-order valence-corrected chi connectivity index (χ3v) is 5.19. The number of piperidine rings is 1. The fraction of sp³-hybridized carbons (Fsp3) is 0.316. The number of aromatic carboxylic acids is 1. The normalized spacial score (nSPS) is 15.4. The average Bonchev–Trinajstić information content (AvgIpc) is 3.24. The van der Waals surface area contributed by atoms with E-state index in [1.807, 2.05) is 0 Å². The number of nitrogens with one attached hydrogen (secondary N) is 1. The van der Waals surface area contributed by atoms with Crippen molar-refractivity contribution in [2.45, 2.75) is 25.8 Å². The van der Waals surface area contributed by atoms with Crippen LogP contribution in [-0.4, -0.2) is 49.7 Å². The highest BCUT2D eigenvalue weighted by molar-refractivity contribution is 5.98. The highest BCUT2D eigenvalue weighted by Gasteiger charge is 2.27. The van der Waals surface area contributed by atoms with Gasteiger partial charge in [0.15, 0.2) is 0 Å². The van der Waals surface area contributed by atoms with Crippen LogP contribution in [0.3, 0.4) is 0 Å². The molecular weight excluding hydrogens is 351 g/mol. The summed E-state index contributed by atoms with van der Waals surface area (Å²) in [6.45, 7) is 2.85. The van der Waals surface area contributed by atoms with E-state index in [2.05, 4.69) is 10.1 Å². The molecule has 1 fully saturated rings. The van der Waals surface area contributed by atoms with Gasteiger partial charge in [0.2, 0.25) is 0 Å². The number of carboxylic acids is 1. The minimum absolute atomic E-state index is 0.0685. The Balaban J connectivity index is 1.46. The Morgan fingerprint density at radius 2 is 2.00 bits per heavy atom. The van der Waals surface area contributed by atoms with E-state index >= 15 is 0 Å². The number of halogens is 1. The topological polar surface area (TPSA) is 91.2 Å². The van der Waals surface area contributed by atoms with Crippen LogP contribution in [0.2, 0.25) is 0 Å². The second kappa shape index (κ2) is 6.53. The highest BCUT2D eigenvalue weighted by Crippen LogP contribution is 2.26. The molecule has 0 unspecified atom stereocenters. The number of carbonyl (C=O) groups excluding carboxylic acids is 1. The van der Waals surface area contributed by atoms with E-state index in [0.717, 1.165) is 5.52 Å². The molecule has 0 spiro atoms. The van der Waals surface area contributed by atoms with Crippen LogP contribution >= 0.6 is 0 Å². The van der Waals surface area contributed by atoms with E-state index in [-0.39, 0.29) is 23.3 Å². The molecular formula is C19H19FN4O3. The van der Waals surface area contributed by atoms with Crippen LogP contribution < -0.4 is 0 Å². The standard InChI is InChI=1S/C19H19FN4O3/c1-11-15(19(26)27)10-21-24(11)14-4-6-23(7-5-14)18(25)17-9-12-8-13(20)2-3-16(12)22-17/h2-3,8-10,14,22H,4-7H2,1H3,(H,26,27). The summed E-state index contributed by atoms with van der Waals surface area (Å²) in [5.41, 5.74) is 2.00. The maximum absolute atomic E-state index is 13.3. The number of amides is 1. The van der Waals surface area contributed by atoms with Gasteiger partial charge in [-0.2, -0.15) is 5.10 Å². The molecule has 1 amide bonds. The zero-order valence-electron chi connectivity index (χ0n) is 14.8. The van der Waals surface area contributed by atoms with Gasteiger partial charge in [-0.1, -0.05) is 0 Å². The lowest BCUT2D eigenvalue weighted by molar-refractivity contribution is 0.0683. The molecule has 3 aromatic rings. The van der Waals surface area contributed by atoms with E-state index in [4.69, 9.17) is 5.11 Å². The Bertz CT molecular complexity index is 1030. The SMILES string of the molecule is Cc1c(C(=O)O)cnn1C1CCN(C(=O)c2cc3cc(F)ccc3[nH]2)CC1. The second-order valence-corrected chi connectivity index (χ2v) is 6.83. The lowest BCUT2D eigenvalue weighted by Gasteiger charge is -2.32. The van der Waals surface area contributed by atoms with Crippen molar-refractivity contribution in [1.29, 1.82) is 0 Å². The molecule has 8 heteroatoms. The van der Waals surface area contributed by atoms with Gasteiger partial charge in [0.05, 0.1) is 17.9 Å². The number of aromatic nitrogens is 3. The van der Waals surface area contributed by atoms with Gasteiger partial charge in [0.1, 0.15) is 17.1 Å². The number of hydrogen-bond donors (Lipinski definition) is 2. The summed E-state index contributed by atoms with van der Waals surface area (Å²) in [5.74, 6) is -1.44. The fourth-order valence-electron chi connectivity index (χ4n) is 3.70. The fourth-order valence-corrected chi connectivity index (χ4v) is 3.70. The third kappa shape index (κ3) is 3.07. The van der Waals surface area contributed by atoms with E-state index in [0.29, 0.717) is 42.7 Å². The van der Waals surface area contributed by atoms with Gasteiger partial charge < -0.3 is 15.0 Å². The molecule has 0 radical (unpaired) electrons. The van der Waals surface area contributed by atoms with Crippen molar-refractivity contribution in [3.05, 3.63) is 53.2 Å². The molecule has 1 aromatic carbocycles. The number of hydrogen-bond acceptors (Lipinski definition) is 3. The third-order valence-electron chi connectivity index (χ3n) is 5.19. The quantitative estimate of drug-likeness (QED) is 0.741. The second-order valence-electron chi connectivity index (χ2n) is 6.83. The van der Waals surface area contributed by atoms with Crippen LogP contribution in [0.1, 0.15) is 45.4 Å². The van der Waals surface area contributed by atoms with Crippen molar-refractivity contribution in [3.63, 3.8) is 0 Å². The first-order chi connectivity index (χ1) is 12.9. The molecule has 0 saturated carbocycles. The van der Waals surface area contributed by atoms with E-state index in [1.54, 1.807) is 28.6 Å². The molecule has 4 rings (SSSR count). The van der Waals surface area contributed by atoms with Gasteiger partial charge in [-0.3, -0.25) is 9.48 Å². The number of H-pyrrole nitrogens is 1. The van der Waals surface area contributed by atoms with Crippen molar-refractivity contribution >= 4 is 22.8 Å². The average molecular weight is 370 g/mol. The van der Waals surface area contributed by atoms with E-state index in [9.17, 15) is 14.0 Å². The van der Waals surface area contributed by atoms with Crippen molar-refractivity contribution in [2.75, 3.05) is 13.1 Å². The monoisotopic (exact) mass is 370 g/mol.